The molecule has 0 unspecified atom stereocenters. The van der Waals surface area contributed by atoms with Gasteiger partial charge in [0.15, 0.2) is 0 Å². The van der Waals surface area contributed by atoms with Crippen molar-refractivity contribution in [3.8, 4) is 0 Å². The Hall–Kier alpha value is -2.77. The van der Waals surface area contributed by atoms with Crippen molar-refractivity contribution in [1.29, 1.82) is 0 Å². The van der Waals surface area contributed by atoms with Crippen molar-refractivity contribution in [1.82, 2.24) is 15.3 Å². The van der Waals surface area contributed by atoms with Gasteiger partial charge in [0.25, 0.3) is 5.91 Å². The highest BCUT2D eigenvalue weighted by Crippen LogP contribution is 2.11. The zero-order chi connectivity index (χ0) is 17.5. The first-order valence-corrected chi connectivity index (χ1v) is 7.57. The van der Waals surface area contributed by atoms with Crippen LogP contribution in [0.25, 0.3) is 0 Å². The second-order valence-electron chi connectivity index (χ2n) is 5.03. The molecule has 0 spiro atoms. The number of hydrogen-bond acceptors (Lipinski definition) is 5. The lowest BCUT2D eigenvalue weighted by atomic mass is 10.2. The van der Waals surface area contributed by atoms with Crippen molar-refractivity contribution in [2.24, 2.45) is 0 Å². The number of rotatable bonds is 7. The quantitative estimate of drug-likeness (QED) is 0.677. The molecule has 0 saturated carbocycles. The maximum Gasteiger partial charge on any atom is 0.257 e. The molecule has 0 atom stereocenters. The van der Waals surface area contributed by atoms with Crippen molar-refractivity contribution in [2.45, 2.75) is 13.8 Å². The molecular weight excluding hydrogens is 316 g/mol. The van der Waals surface area contributed by atoms with E-state index in [1.165, 1.54) is 6.07 Å². The second kappa shape index (κ2) is 8.19. The van der Waals surface area contributed by atoms with Crippen LogP contribution in [0.1, 0.15) is 23.0 Å². The van der Waals surface area contributed by atoms with Gasteiger partial charge in [-0.2, -0.15) is 4.98 Å². The highest BCUT2D eigenvalue weighted by molar-refractivity contribution is 5.94. The van der Waals surface area contributed by atoms with Crippen LogP contribution in [0, 0.1) is 18.6 Å². The van der Waals surface area contributed by atoms with E-state index in [4.69, 9.17) is 0 Å². The summed E-state index contributed by atoms with van der Waals surface area (Å²) >= 11 is 0. The van der Waals surface area contributed by atoms with Gasteiger partial charge in [0.1, 0.15) is 23.0 Å². The first-order valence-electron chi connectivity index (χ1n) is 7.57. The number of carbonyl (C=O) groups is 1. The van der Waals surface area contributed by atoms with Crippen LogP contribution >= 0.6 is 0 Å². The van der Waals surface area contributed by atoms with Crippen LogP contribution in [0.15, 0.2) is 24.3 Å². The van der Waals surface area contributed by atoms with Gasteiger partial charge in [0, 0.05) is 31.4 Å². The fraction of sp³-hybridized carbons (Fsp3) is 0.312. The average molecular weight is 335 g/mol. The molecule has 0 aliphatic rings. The molecule has 0 saturated heterocycles. The first kappa shape index (κ1) is 17.6. The van der Waals surface area contributed by atoms with Crippen LogP contribution in [0.4, 0.5) is 20.5 Å². The largest absolute Gasteiger partial charge is 0.370 e. The Morgan fingerprint density at radius 3 is 2.50 bits per heavy atom. The Balaban J connectivity index is 1.88. The molecule has 2 rings (SSSR count). The Kier molecular flexibility index (Phi) is 6.00. The molecule has 3 N–H and O–H groups in total. The summed E-state index contributed by atoms with van der Waals surface area (Å²) in [7, 11) is 0. The monoisotopic (exact) mass is 335 g/mol. The van der Waals surface area contributed by atoms with Gasteiger partial charge in [-0.1, -0.05) is 6.07 Å². The van der Waals surface area contributed by atoms with Crippen molar-refractivity contribution >= 4 is 17.7 Å². The maximum absolute atomic E-state index is 13.5. The molecule has 1 aromatic heterocycles. The summed E-state index contributed by atoms with van der Waals surface area (Å²) in [6.07, 6.45) is 0. The lowest BCUT2D eigenvalue weighted by Gasteiger charge is -2.10. The van der Waals surface area contributed by atoms with E-state index in [0.29, 0.717) is 18.3 Å². The summed E-state index contributed by atoms with van der Waals surface area (Å²) in [5.74, 6) is -1.47. The fourth-order valence-corrected chi connectivity index (χ4v) is 2.07. The predicted molar refractivity (Wildman–Crippen MR) is 88.1 cm³/mol. The molecule has 1 aromatic carbocycles. The smallest absolute Gasteiger partial charge is 0.257 e. The molecule has 0 aliphatic carbocycles. The molecular formula is C16H19F2N5O. The summed E-state index contributed by atoms with van der Waals surface area (Å²) in [6, 6.07) is 5.11. The number of amides is 1. The highest BCUT2D eigenvalue weighted by atomic mass is 19.1. The first-order chi connectivity index (χ1) is 11.5. The zero-order valence-electron chi connectivity index (χ0n) is 13.5. The van der Waals surface area contributed by atoms with Crippen LogP contribution in [0.5, 0.6) is 0 Å². The van der Waals surface area contributed by atoms with E-state index in [-0.39, 0.29) is 6.54 Å². The third-order valence-electron chi connectivity index (χ3n) is 3.10. The van der Waals surface area contributed by atoms with Gasteiger partial charge in [0.05, 0.1) is 0 Å². The van der Waals surface area contributed by atoms with Crippen LogP contribution in [-0.4, -0.2) is 35.5 Å². The molecule has 0 radical (unpaired) electrons. The number of carbonyl (C=O) groups excluding carboxylic acids is 1. The molecule has 8 heteroatoms. The van der Waals surface area contributed by atoms with Gasteiger partial charge in [-0.15, -0.1) is 0 Å². The van der Waals surface area contributed by atoms with Crippen molar-refractivity contribution in [3.05, 3.63) is 47.2 Å². The number of hydrogen-bond donors (Lipinski definition) is 3. The standard InChI is InChI=1S/C16H19F2N5O/c1-3-19-13-9-10(2)22-16(23-13)21-8-7-20-15(24)14-11(17)5-4-6-12(14)18/h4-6,9H,3,7-8H2,1-2H3,(H,20,24)(H2,19,21,22,23). The van der Waals surface area contributed by atoms with Crippen LogP contribution in [-0.2, 0) is 0 Å². The van der Waals surface area contributed by atoms with Gasteiger partial charge in [0.2, 0.25) is 5.95 Å². The van der Waals surface area contributed by atoms with E-state index in [1.54, 1.807) is 0 Å². The Labute approximate surface area is 138 Å². The van der Waals surface area contributed by atoms with Gasteiger partial charge < -0.3 is 16.0 Å². The number of anilines is 2. The normalized spacial score (nSPS) is 10.3. The average Bonchev–Trinajstić information content (AvgIpc) is 2.51. The number of halogens is 2. The number of nitrogens with one attached hydrogen (secondary N) is 3. The fourth-order valence-electron chi connectivity index (χ4n) is 2.07. The van der Waals surface area contributed by atoms with Crippen LogP contribution < -0.4 is 16.0 Å². The van der Waals surface area contributed by atoms with Gasteiger partial charge >= 0.3 is 0 Å². The maximum atomic E-state index is 13.5. The van der Waals surface area contributed by atoms with Crippen LogP contribution in [0.3, 0.4) is 0 Å². The molecule has 0 aliphatic heterocycles. The molecule has 128 valence electrons. The molecule has 1 amide bonds. The van der Waals surface area contributed by atoms with Crippen molar-refractivity contribution in [3.63, 3.8) is 0 Å². The molecule has 2 aromatic rings. The number of nitrogens with zero attached hydrogens (tertiary/aromatic N) is 2. The van der Waals surface area contributed by atoms with E-state index in [1.807, 2.05) is 19.9 Å². The number of aromatic nitrogens is 2. The van der Waals surface area contributed by atoms with Crippen molar-refractivity contribution in [2.75, 3.05) is 30.3 Å². The number of benzene rings is 1. The number of aryl methyl sites for hydroxylation is 1. The molecule has 24 heavy (non-hydrogen) atoms. The summed E-state index contributed by atoms with van der Waals surface area (Å²) < 4.78 is 27.0. The van der Waals surface area contributed by atoms with Gasteiger partial charge in [-0.3, -0.25) is 4.79 Å². The lowest BCUT2D eigenvalue weighted by molar-refractivity contribution is 0.0946. The summed E-state index contributed by atoms with van der Waals surface area (Å²) in [6.45, 7) is 5.02. The minimum absolute atomic E-state index is 0.167. The Bertz CT molecular complexity index is 703. The predicted octanol–water partition coefficient (Wildman–Crippen LogP) is 2.34. The van der Waals surface area contributed by atoms with Crippen LogP contribution in [0.2, 0.25) is 0 Å². The Morgan fingerprint density at radius 1 is 1.12 bits per heavy atom. The topological polar surface area (TPSA) is 78.9 Å². The summed E-state index contributed by atoms with van der Waals surface area (Å²) in [4.78, 5) is 20.3. The SMILES string of the molecule is CCNc1cc(C)nc(NCCNC(=O)c2c(F)cccc2F)n1. The Morgan fingerprint density at radius 2 is 1.83 bits per heavy atom. The minimum atomic E-state index is -0.891. The van der Waals surface area contributed by atoms with E-state index in [2.05, 4.69) is 25.9 Å². The highest BCUT2D eigenvalue weighted by Gasteiger charge is 2.16. The summed E-state index contributed by atoms with van der Waals surface area (Å²) in [5.41, 5.74) is 0.208. The second-order valence-corrected chi connectivity index (χ2v) is 5.03. The molecule has 0 bridgehead atoms. The molecule has 0 fully saturated rings. The van der Waals surface area contributed by atoms with E-state index < -0.39 is 23.1 Å². The van der Waals surface area contributed by atoms with E-state index in [9.17, 15) is 13.6 Å². The van der Waals surface area contributed by atoms with E-state index >= 15 is 0 Å². The third-order valence-corrected chi connectivity index (χ3v) is 3.10. The van der Waals surface area contributed by atoms with Gasteiger partial charge in [-0.05, 0) is 26.0 Å². The van der Waals surface area contributed by atoms with Crippen molar-refractivity contribution < 1.29 is 13.6 Å². The lowest BCUT2D eigenvalue weighted by Crippen LogP contribution is -2.30. The minimum Gasteiger partial charge on any atom is -0.370 e. The third kappa shape index (κ3) is 4.61. The molecule has 1 heterocycles. The van der Waals surface area contributed by atoms with E-state index in [0.717, 1.165) is 24.4 Å². The molecule has 6 nitrogen and oxygen atoms in total. The summed E-state index contributed by atoms with van der Waals surface area (Å²) in [5, 5.41) is 8.50. The zero-order valence-corrected chi connectivity index (χ0v) is 13.5. The van der Waals surface area contributed by atoms with Gasteiger partial charge in [-0.25, -0.2) is 13.8 Å².